The summed E-state index contributed by atoms with van der Waals surface area (Å²) in [7, 11) is 4.00. The highest BCUT2D eigenvalue weighted by atomic mass is 32.1. The van der Waals surface area contributed by atoms with Crippen molar-refractivity contribution in [2.24, 2.45) is 0 Å². The van der Waals surface area contributed by atoms with Crippen molar-refractivity contribution in [3.63, 3.8) is 0 Å². The van der Waals surface area contributed by atoms with E-state index < -0.39 is 0 Å². The summed E-state index contributed by atoms with van der Waals surface area (Å²) in [4.78, 5) is 21.9. The zero-order valence-corrected chi connectivity index (χ0v) is 18.9. The summed E-state index contributed by atoms with van der Waals surface area (Å²) < 4.78 is 12.2. The molecule has 0 aliphatic rings. The molecule has 0 spiro atoms. The number of ether oxygens (including phenoxy) is 2. The van der Waals surface area contributed by atoms with E-state index in [0.29, 0.717) is 31.3 Å². The molecule has 7 heteroatoms. The van der Waals surface area contributed by atoms with Gasteiger partial charge in [0.2, 0.25) is 5.91 Å². The molecular weight excluding hydrogens is 398 g/mol. The van der Waals surface area contributed by atoms with Crippen LogP contribution in [0.5, 0.6) is 11.5 Å². The van der Waals surface area contributed by atoms with Crippen molar-refractivity contribution in [3.05, 3.63) is 48.0 Å². The molecule has 0 N–H and O–H groups in total. The Labute approximate surface area is 182 Å². The monoisotopic (exact) mass is 427 g/mol. The number of fused-ring (bicyclic) bond motifs is 1. The number of nitrogens with zero attached hydrogens (tertiary/aromatic N) is 3. The Morgan fingerprint density at radius 2 is 1.73 bits per heavy atom. The first-order valence-electron chi connectivity index (χ1n) is 10.2. The predicted octanol–water partition coefficient (Wildman–Crippen LogP) is 4.23. The number of aromatic nitrogens is 1. The van der Waals surface area contributed by atoms with E-state index in [9.17, 15) is 4.79 Å². The summed E-state index contributed by atoms with van der Waals surface area (Å²) in [6.45, 7) is 6.44. The third-order valence-electron chi connectivity index (χ3n) is 4.56. The van der Waals surface area contributed by atoms with E-state index in [0.717, 1.165) is 33.8 Å². The number of amides is 1. The summed E-state index contributed by atoms with van der Waals surface area (Å²) in [5.74, 6) is 1.59. The maximum atomic E-state index is 13.2. The summed E-state index contributed by atoms with van der Waals surface area (Å²) in [6, 6.07) is 13.6. The second kappa shape index (κ2) is 10.4. The first kappa shape index (κ1) is 22.1. The van der Waals surface area contributed by atoms with Gasteiger partial charge in [0.25, 0.3) is 0 Å². The van der Waals surface area contributed by atoms with Crippen molar-refractivity contribution in [2.45, 2.75) is 20.3 Å². The second-order valence-electron chi connectivity index (χ2n) is 7.13. The Morgan fingerprint density at radius 1 is 1.00 bits per heavy atom. The number of likely N-dealkylation sites (N-methyl/N-ethyl adjacent to an activating group) is 1. The van der Waals surface area contributed by atoms with Gasteiger partial charge >= 0.3 is 0 Å². The van der Waals surface area contributed by atoms with Gasteiger partial charge in [0.05, 0.1) is 24.3 Å². The third kappa shape index (κ3) is 5.49. The van der Waals surface area contributed by atoms with Crippen LogP contribution in [0, 0.1) is 0 Å². The number of rotatable bonds is 10. The van der Waals surface area contributed by atoms with Crippen LogP contribution in [0.3, 0.4) is 0 Å². The molecule has 0 bridgehead atoms. The number of carbonyl (C=O) groups excluding carboxylic acids is 1. The molecule has 0 unspecified atom stereocenters. The molecule has 0 saturated carbocycles. The van der Waals surface area contributed by atoms with Crippen molar-refractivity contribution in [2.75, 3.05) is 45.3 Å². The van der Waals surface area contributed by atoms with E-state index in [1.165, 1.54) is 11.3 Å². The van der Waals surface area contributed by atoms with Crippen LogP contribution in [0.25, 0.3) is 10.2 Å². The van der Waals surface area contributed by atoms with E-state index in [1.807, 2.05) is 70.4 Å². The third-order valence-corrected chi connectivity index (χ3v) is 5.61. The van der Waals surface area contributed by atoms with Crippen molar-refractivity contribution in [3.8, 4) is 11.5 Å². The molecule has 30 heavy (non-hydrogen) atoms. The smallest absolute Gasteiger partial charge is 0.233 e. The Kier molecular flexibility index (Phi) is 7.65. The lowest BCUT2D eigenvalue weighted by Crippen LogP contribution is -2.37. The minimum Gasteiger partial charge on any atom is -0.494 e. The van der Waals surface area contributed by atoms with Crippen LogP contribution in [0.4, 0.5) is 5.13 Å². The quantitative estimate of drug-likeness (QED) is 0.485. The highest BCUT2D eigenvalue weighted by molar-refractivity contribution is 7.22. The fourth-order valence-corrected chi connectivity index (χ4v) is 4.09. The van der Waals surface area contributed by atoms with Gasteiger partial charge in [-0.05, 0) is 57.8 Å². The largest absolute Gasteiger partial charge is 0.494 e. The molecule has 1 amide bonds. The average Bonchev–Trinajstić information content (AvgIpc) is 3.15. The average molecular weight is 428 g/mol. The van der Waals surface area contributed by atoms with E-state index in [4.69, 9.17) is 14.5 Å². The van der Waals surface area contributed by atoms with Crippen LogP contribution >= 0.6 is 11.3 Å². The molecule has 6 nitrogen and oxygen atoms in total. The number of para-hydroxylation sites is 1. The van der Waals surface area contributed by atoms with Crippen LogP contribution in [0.2, 0.25) is 0 Å². The number of benzene rings is 2. The van der Waals surface area contributed by atoms with Gasteiger partial charge in [-0.25, -0.2) is 4.98 Å². The van der Waals surface area contributed by atoms with E-state index in [2.05, 4.69) is 4.90 Å². The van der Waals surface area contributed by atoms with E-state index in [1.54, 1.807) is 4.90 Å². The van der Waals surface area contributed by atoms with Gasteiger partial charge in [-0.3, -0.25) is 9.69 Å². The van der Waals surface area contributed by atoms with Gasteiger partial charge < -0.3 is 14.4 Å². The highest BCUT2D eigenvalue weighted by Gasteiger charge is 2.21. The van der Waals surface area contributed by atoms with Crippen molar-refractivity contribution in [1.82, 2.24) is 9.88 Å². The zero-order chi connectivity index (χ0) is 21.5. The summed E-state index contributed by atoms with van der Waals surface area (Å²) in [5, 5.41) is 0.704. The fraction of sp³-hybridized carbons (Fsp3) is 0.391. The lowest BCUT2D eigenvalue weighted by molar-refractivity contribution is -0.118. The Hall–Kier alpha value is -2.64. The van der Waals surface area contributed by atoms with Crippen LogP contribution < -0.4 is 14.4 Å². The molecule has 0 atom stereocenters. The lowest BCUT2D eigenvalue weighted by Gasteiger charge is -2.22. The first-order chi connectivity index (χ1) is 14.5. The number of thiazole rings is 1. The molecule has 3 rings (SSSR count). The number of hydrogen-bond donors (Lipinski definition) is 0. The maximum Gasteiger partial charge on any atom is 0.233 e. The van der Waals surface area contributed by atoms with Gasteiger partial charge in [-0.15, -0.1) is 0 Å². The van der Waals surface area contributed by atoms with Gasteiger partial charge in [-0.2, -0.15) is 0 Å². The molecule has 0 aliphatic heterocycles. The summed E-state index contributed by atoms with van der Waals surface area (Å²) >= 11 is 1.52. The molecular formula is C23H29N3O3S. The number of carbonyl (C=O) groups is 1. The highest BCUT2D eigenvalue weighted by Crippen LogP contribution is 2.34. The lowest BCUT2D eigenvalue weighted by atomic mass is 10.1. The van der Waals surface area contributed by atoms with E-state index in [-0.39, 0.29) is 5.91 Å². The molecule has 160 valence electrons. The van der Waals surface area contributed by atoms with Gasteiger partial charge in [0.15, 0.2) is 5.13 Å². The van der Waals surface area contributed by atoms with Crippen molar-refractivity contribution < 1.29 is 14.3 Å². The Morgan fingerprint density at radius 3 is 2.40 bits per heavy atom. The molecule has 0 saturated heterocycles. The second-order valence-corrected chi connectivity index (χ2v) is 8.14. The standard InChI is InChI=1S/C23H29N3O3S/c1-5-28-18-12-10-17(11-13-18)16-21(27)26(15-14-25(3)4)23-24-22-19(29-6-2)8-7-9-20(22)30-23/h7-13H,5-6,14-16H2,1-4H3. The number of anilines is 1. The SMILES string of the molecule is CCOc1ccc(CC(=O)N(CCN(C)C)c2nc3c(OCC)cccc3s2)cc1. The van der Waals surface area contributed by atoms with Crippen molar-refractivity contribution >= 4 is 32.6 Å². The van der Waals surface area contributed by atoms with Gasteiger partial charge in [0.1, 0.15) is 17.0 Å². The maximum absolute atomic E-state index is 13.2. The molecule has 2 aromatic carbocycles. The topological polar surface area (TPSA) is 54.9 Å². The molecule has 0 fully saturated rings. The first-order valence-corrected chi connectivity index (χ1v) is 11.0. The molecule has 1 heterocycles. The zero-order valence-electron chi connectivity index (χ0n) is 18.1. The summed E-state index contributed by atoms with van der Waals surface area (Å²) in [6.07, 6.45) is 0.314. The normalized spacial score (nSPS) is 11.1. The van der Waals surface area contributed by atoms with E-state index >= 15 is 0 Å². The minimum atomic E-state index is 0.0259. The van der Waals surface area contributed by atoms with Crippen LogP contribution in [-0.4, -0.2) is 56.2 Å². The molecule has 1 aromatic heterocycles. The molecule has 3 aromatic rings. The number of hydrogen-bond acceptors (Lipinski definition) is 6. The molecule has 0 radical (unpaired) electrons. The van der Waals surface area contributed by atoms with Crippen molar-refractivity contribution in [1.29, 1.82) is 0 Å². The predicted molar refractivity (Wildman–Crippen MR) is 123 cm³/mol. The Balaban J connectivity index is 1.85. The fourth-order valence-electron chi connectivity index (χ4n) is 3.07. The Bertz CT molecular complexity index is 969. The van der Waals surface area contributed by atoms with Crippen LogP contribution in [-0.2, 0) is 11.2 Å². The van der Waals surface area contributed by atoms with Crippen LogP contribution in [0.1, 0.15) is 19.4 Å². The minimum absolute atomic E-state index is 0.0259. The molecule has 0 aliphatic carbocycles. The van der Waals surface area contributed by atoms with Crippen LogP contribution in [0.15, 0.2) is 42.5 Å². The van der Waals surface area contributed by atoms with Gasteiger partial charge in [0, 0.05) is 13.1 Å². The van der Waals surface area contributed by atoms with Gasteiger partial charge in [-0.1, -0.05) is 29.5 Å². The summed E-state index contributed by atoms with van der Waals surface area (Å²) in [5.41, 5.74) is 1.76.